The standard InChI is InChI=1S/C21H36O16/c1-2-3-32-19-16(29)14(27)11(24)8(36-19)5-34-21-18(31)15(28)12(25)9(37-21)6-33-20-17(30)13(26)10(23)7(4-22)35-20/h2,7-31H,1,3-6H2/t7-,8-,9-,10+,11-,12+,13+,14+,15+,16-,17-,18-,19-,20+,21+/m1/s1. The molecule has 0 spiro atoms. The first-order valence-electron chi connectivity index (χ1n) is 11.7. The lowest BCUT2D eigenvalue weighted by Gasteiger charge is -2.43. The molecular formula is C21H36O16. The topological polar surface area (TPSA) is 258 Å². The minimum absolute atomic E-state index is 0.0250. The molecule has 216 valence electrons. The van der Waals surface area contributed by atoms with Crippen LogP contribution in [0.15, 0.2) is 12.7 Å². The van der Waals surface area contributed by atoms with E-state index in [0.29, 0.717) is 0 Å². The smallest absolute Gasteiger partial charge is 0.187 e. The third-order valence-electron chi connectivity index (χ3n) is 6.41. The second kappa shape index (κ2) is 13.4. The summed E-state index contributed by atoms with van der Waals surface area (Å²) in [4.78, 5) is 0. The van der Waals surface area contributed by atoms with Crippen molar-refractivity contribution in [3.63, 3.8) is 0 Å². The third-order valence-corrected chi connectivity index (χ3v) is 6.41. The van der Waals surface area contributed by atoms with Crippen molar-refractivity contribution in [1.29, 1.82) is 0 Å². The molecule has 15 atom stereocenters. The van der Waals surface area contributed by atoms with E-state index in [9.17, 15) is 51.1 Å². The largest absolute Gasteiger partial charge is 0.394 e. The number of hydrogen-bond acceptors (Lipinski definition) is 16. The Morgan fingerprint density at radius 2 is 0.865 bits per heavy atom. The van der Waals surface area contributed by atoms with E-state index in [4.69, 9.17) is 28.4 Å². The Hall–Kier alpha value is -0.900. The molecule has 3 aliphatic heterocycles. The van der Waals surface area contributed by atoms with Gasteiger partial charge in [-0.25, -0.2) is 0 Å². The molecule has 0 aliphatic carbocycles. The van der Waals surface area contributed by atoms with Crippen molar-refractivity contribution in [2.24, 2.45) is 0 Å². The molecule has 0 saturated carbocycles. The molecule has 3 fully saturated rings. The van der Waals surface area contributed by atoms with Crippen molar-refractivity contribution in [3.8, 4) is 0 Å². The molecule has 0 unspecified atom stereocenters. The van der Waals surface area contributed by atoms with Gasteiger partial charge in [-0.3, -0.25) is 0 Å². The second-order valence-electron chi connectivity index (χ2n) is 9.02. The molecule has 16 nitrogen and oxygen atoms in total. The van der Waals surface area contributed by atoms with E-state index in [1.807, 2.05) is 0 Å². The Balaban J connectivity index is 1.59. The van der Waals surface area contributed by atoms with Crippen LogP contribution in [0.1, 0.15) is 0 Å². The van der Waals surface area contributed by atoms with Crippen LogP contribution < -0.4 is 0 Å². The Labute approximate surface area is 211 Å². The van der Waals surface area contributed by atoms with Crippen molar-refractivity contribution in [1.82, 2.24) is 0 Å². The van der Waals surface area contributed by atoms with Gasteiger partial charge >= 0.3 is 0 Å². The first kappa shape index (κ1) is 30.6. The van der Waals surface area contributed by atoms with Crippen molar-refractivity contribution in [2.45, 2.75) is 92.1 Å². The van der Waals surface area contributed by atoms with Crippen LogP contribution in [-0.2, 0) is 28.4 Å². The van der Waals surface area contributed by atoms with Crippen LogP contribution in [0.25, 0.3) is 0 Å². The van der Waals surface area contributed by atoms with Gasteiger partial charge in [0.15, 0.2) is 18.9 Å². The highest BCUT2D eigenvalue weighted by Gasteiger charge is 2.49. The predicted molar refractivity (Wildman–Crippen MR) is 115 cm³/mol. The number of hydrogen-bond donors (Lipinski definition) is 10. The van der Waals surface area contributed by atoms with Gasteiger partial charge in [-0.05, 0) is 0 Å². The fourth-order valence-electron chi connectivity index (χ4n) is 4.13. The summed E-state index contributed by atoms with van der Waals surface area (Å²) < 4.78 is 32.1. The Morgan fingerprint density at radius 3 is 1.24 bits per heavy atom. The van der Waals surface area contributed by atoms with Crippen LogP contribution in [-0.4, -0.2) is 170 Å². The molecule has 10 N–H and O–H groups in total. The van der Waals surface area contributed by atoms with Crippen molar-refractivity contribution < 1.29 is 79.5 Å². The summed E-state index contributed by atoms with van der Waals surface area (Å²) in [5, 5.41) is 100. The highest BCUT2D eigenvalue weighted by atomic mass is 16.7. The van der Waals surface area contributed by atoms with Gasteiger partial charge in [0.25, 0.3) is 0 Å². The number of rotatable bonds is 10. The van der Waals surface area contributed by atoms with Crippen LogP contribution in [0.4, 0.5) is 0 Å². The van der Waals surface area contributed by atoms with Gasteiger partial charge < -0.3 is 79.5 Å². The third kappa shape index (κ3) is 6.82. The molecule has 0 bridgehead atoms. The molecule has 0 aromatic carbocycles. The van der Waals surface area contributed by atoms with Crippen LogP contribution >= 0.6 is 0 Å². The zero-order valence-electron chi connectivity index (χ0n) is 19.7. The van der Waals surface area contributed by atoms with Crippen molar-refractivity contribution >= 4 is 0 Å². The summed E-state index contributed by atoms with van der Waals surface area (Å²) >= 11 is 0. The quantitative estimate of drug-likeness (QED) is 0.115. The van der Waals surface area contributed by atoms with Crippen LogP contribution in [0.2, 0.25) is 0 Å². The first-order valence-corrected chi connectivity index (χ1v) is 11.7. The van der Waals surface area contributed by atoms with E-state index in [0.717, 1.165) is 0 Å². The Bertz CT molecular complexity index is 712. The average molecular weight is 545 g/mol. The number of ether oxygens (including phenoxy) is 6. The normalized spacial score (nSPS) is 49.1. The molecule has 3 aliphatic rings. The van der Waals surface area contributed by atoms with E-state index in [1.165, 1.54) is 6.08 Å². The highest BCUT2D eigenvalue weighted by Crippen LogP contribution is 2.27. The van der Waals surface area contributed by atoms with Crippen LogP contribution in [0.5, 0.6) is 0 Å². The first-order chi connectivity index (χ1) is 17.5. The maximum atomic E-state index is 10.3. The van der Waals surface area contributed by atoms with Crippen molar-refractivity contribution in [3.05, 3.63) is 12.7 Å². The lowest BCUT2D eigenvalue weighted by molar-refractivity contribution is -0.342. The molecule has 0 aromatic heterocycles. The molecular weight excluding hydrogens is 508 g/mol. The minimum atomic E-state index is -1.78. The molecule has 3 heterocycles. The molecule has 0 radical (unpaired) electrons. The van der Waals surface area contributed by atoms with Crippen LogP contribution in [0, 0.1) is 0 Å². The van der Waals surface area contributed by atoms with E-state index >= 15 is 0 Å². The van der Waals surface area contributed by atoms with Gasteiger partial charge in [-0.2, -0.15) is 0 Å². The summed E-state index contributed by atoms with van der Waals surface area (Å²) in [6.45, 7) is 1.68. The van der Waals surface area contributed by atoms with Gasteiger partial charge in [0, 0.05) is 0 Å². The second-order valence-corrected chi connectivity index (χ2v) is 9.02. The summed E-state index contributed by atoms with van der Waals surface area (Å²) in [7, 11) is 0. The molecule has 0 aromatic rings. The number of aliphatic hydroxyl groups excluding tert-OH is 10. The summed E-state index contributed by atoms with van der Waals surface area (Å²) in [5.41, 5.74) is 0. The molecule has 16 heteroatoms. The zero-order valence-corrected chi connectivity index (χ0v) is 19.7. The number of aliphatic hydroxyl groups is 10. The van der Waals surface area contributed by atoms with Gasteiger partial charge in [0.1, 0.15) is 73.2 Å². The zero-order chi connectivity index (χ0) is 27.4. The fourth-order valence-corrected chi connectivity index (χ4v) is 4.13. The molecule has 37 heavy (non-hydrogen) atoms. The molecule has 3 rings (SSSR count). The SMILES string of the molecule is C=CCO[C@@H]1O[C@H](CO[C@H]2O[C@H](CO[C@H]3O[C@H](CO)[C@H](O)[C@H](O)[C@H]3O)[C@H](O)[C@H](O)[C@H]2O)[C@@H](O)[C@H](O)[C@H]1O. The van der Waals surface area contributed by atoms with E-state index < -0.39 is 112 Å². The fraction of sp³-hybridized carbons (Fsp3) is 0.905. The molecule has 0 amide bonds. The van der Waals surface area contributed by atoms with Gasteiger partial charge in [0.05, 0.1) is 26.4 Å². The minimum Gasteiger partial charge on any atom is -0.394 e. The maximum Gasteiger partial charge on any atom is 0.187 e. The predicted octanol–water partition coefficient (Wildman–Crippen LogP) is -6.36. The average Bonchev–Trinajstić information content (AvgIpc) is 2.89. The van der Waals surface area contributed by atoms with E-state index in [1.54, 1.807) is 0 Å². The Kier molecular flexibility index (Phi) is 11.1. The summed E-state index contributed by atoms with van der Waals surface area (Å²) in [6, 6.07) is 0. The summed E-state index contributed by atoms with van der Waals surface area (Å²) in [5.74, 6) is 0. The van der Waals surface area contributed by atoms with Gasteiger partial charge in [0.2, 0.25) is 0 Å². The van der Waals surface area contributed by atoms with Gasteiger partial charge in [-0.15, -0.1) is 6.58 Å². The monoisotopic (exact) mass is 544 g/mol. The Morgan fingerprint density at radius 1 is 0.514 bits per heavy atom. The molecule has 3 saturated heterocycles. The van der Waals surface area contributed by atoms with E-state index in [-0.39, 0.29) is 6.61 Å². The van der Waals surface area contributed by atoms with Crippen LogP contribution in [0.3, 0.4) is 0 Å². The maximum absolute atomic E-state index is 10.3. The van der Waals surface area contributed by atoms with Gasteiger partial charge in [-0.1, -0.05) is 6.08 Å². The summed E-state index contributed by atoms with van der Waals surface area (Å²) in [6.07, 6.45) is -22.0. The lowest BCUT2D eigenvalue weighted by atomic mass is 9.98. The lowest BCUT2D eigenvalue weighted by Crippen LogP contribution is -2.62. The highest BCUT2D eigenvalue weighted by molar-refractivity contribution is 4.93. The van der Waals surface area contributed by atoms with Crippen molar-refractivity contribution in [2.75, 3.05) is 26.4 Å². The van der Waals surface area contributed by atoms with E-state index in [2.05, 4.69) is 6.58 Å².